The van der Waals surface area contributed by atoms with Crippen LogP contribution >= 0.6 is 0 Å². The number of ether oxygens (including phenoxy) is 1. The van der Waals surface area contributed by atoms with E-state index < -0.39 is 0 Å². The van der Waals surface area contributed by atoms with Gasteiger partial charge in [0.25, 0.3) is 0 Å². The van der Waals surface area contributed by atoms with Gasteiger partial charge in [-0.1, -0.05) is 33.1 Å². The molecule has 3 unspecified atom stereocenters. The SMILES string of the molecule is CCC1CCCC2(CC1)CNCC(CC)O2. The van der Waals surface area contributed by atoms with Crippen LogP contribution in [-0.4, -0.2) is 24.8 Å². The molecule has 1 aliphatic heterocycles. The molecule has 0 aromatic heterocycles. The van der Waals surface area contributed by atoms with Crippen LogP contribution in [0.5, 0.6) is 0 Å². The Morgan fingerprint density at radius 2 is 2.06 bits per heavy atom. The smallest absolute Gasteiger partial charge is 0.0810 e. The monoisotopic (exact) mass is 225 g/mol. The Morgan fingerprint density at radius 3 is 2.81 bits per heavy atom. The summed E-state index contributed by atoms with van der Waals surface area (Å²) in [5.74, 6) is 0.949. The summed E-state index contributed by atoms with van der Waals surface area (Å²) in [5, 5.41) is 3.58. The van der Waals surface area contributed by atoms with Gasteiger partial charge in [0.2, 0.25) is 0 Å². The summed E-state index contributed by atoms with van der Waals surface area (Å²) in [7, 11) is 0. The molecule has 1 spiro atoms. The molecule has 0 amide bonds. The zero-order valence-electron chi connectivity index (χ0n) is 10.9. The first-order chi connectivity index (χ1) is 7.78. The molecular formula is C14H27NO. The lowest BCUT2D eigenvalue weighted by Crippen LogP contribution is -2.53. The van der Waals surface area contributed by atoms with E-state index >= 15 is 0 Å². The van der Waals surface area contributed by atoms with Gasteiger partial charge in [0.15, 0.2) is 0 Å². The minimum Gasteiger partial charge on any atom is -0.369 e. The van der Waals surface area contributed by atoms with Crippen LogP contribution in [0.4, 0.5) is 0 Å². The van der Waals surface area contributed by atoms with Crippen LogP contribution in [0.2, 0.25) is 0 Å². The van der Waals surface area contributed by atoms with Crippen molar-refractivity contribution in [2.24, 2.45) is 5.92 Å². The molecule has 1 aliphatic carbocycles. The molecular weight excluding hydrogens is 198 g/mol. The van der Waals surface area contributed by atoms with Gasteiger partial charge >= 0.3 is 0 Å². The van der Waals surface area contributed by atoms with E-state index in [-0.39, 0.29) is 5.60 Å². The molecule has 3 atom stereocenters. The Labute approximate surface area is 100 Å². The van der Waals surface area contributed by atoms with Crippen LogP contribution in [0.15, 0.2) is 0 Å². The molecule has 2 aliphatic rings. The minimum atomic E-state index is 0.183. The first-order valence-corrected chi connectivity index (χ1v) is 7.16. The lowest BCUT2D eigenvalue weighted by molar-refractivity contribution is -0.124. The molecule has 0 aromatic carbocycles. The molecule has 16 heavy (non-hydrogen) atoms. The largest absolute Gasteiger partial charge is 0.369 e. The number of hydrogen-bond acceptors (Lipinski definition) is 2. The van der Waals surface area contributed by atoms with Gasteiger partial charge in [-0.3, -0.25) is 0 Å². The van der Waals surface area contributed by atoms with E-state index in [2.05, 4.69) is 19.2 Å². The van der Waals surface area contributed by atoms with Crippen molar-refractivity contribution >= 4 is 0 Å². The van der Waals surface area contributed by atoms with E-state index in [4.69, 9.17) is 4.74 Å². The molecule has 2 rings (SSSR count). The molecule has 2 nitrogen and oxygen atoms in total. The first-order valence-electron chi connectivity index (χ1n) is 7.16. The Hall–Kier alpha value is -0.0800. The number of hydrogen-bond donors (Lipinski definition) is 1. The summed E-state index contributed by atoms with van der Waals surface area (Å²) >= 11 is 0. The average Bonchev–Trinajstić information content (AvgIpc) is 2.52. The van der Waals surface area contributed by atoms with Gasteiger partial charge in [-0.15, -0.1) is 0 Å². The van der Waals surface area contributed by atoms with Crippen molar-refractivity contribution in [2.75, 3.05) is 13.1 Å². The van der Waals surface area contributed by atoms with Crippen LogP contribution in [0.25, 0.3) is 0 Å². The third-order valence-corrected chi connectivity index (χ3v) is 4.52. The van der Waals surface area contributed by atoms with Gasteiger partial charge in [-0.2, -0.15) is 0 Å². The van der Waals surface area contributed by atoms with Crippen LogP contribution in [0.3, 0.4) is 0 Å². The fourth-order valence-electron chi connectivity index (χ4n) is 3.28. The van der Waals surface area contributed by atoms with Crippen LogP contribution in [0, 0.1) is 5.92 Å². The third kappa shape index (κ3) is 2.78. The van der Waals surface area contributed by atoms with Gasteiger partial charge in [0, 0.05) is 13.1 Å². The van der Waals surface area contributed by atoms with E-state index in [1.807, 2.05) is 0 Å². The Kier molecular flexibility index (Phi) is 4.26. The molecule has 0 bridgehead atoms. The highest BCUT2D eigenvalue weighted by atomic mass is 16.5. The molecule has 1 N–H and O–H groups in total. The lowest BCUT2D eigenvalue weighted by Gasteiger charge is -2.41. The van der Waals surface area contributed by atoms with Gasteiger partial charge < -0.3 is 10.1 Å². The van der Waals surface area contributed by atoms with E-state index in [0.29, 0.717) is 6.10 Å². The van der Waals surface area contributed by atoms with E-state index in [0.717, 1.165) is 25.4 Å². The van der Waals surface area contributed by atoms with Crippen molar-refractivity contribution in [1.82, 2.24) is 5.32 Å². The number of nitrogens with one attached hydrogen (secondary N) is 1. The Bertz CT molecular complexity index is 219. The van der Waals surface area contributed by atoms with Crippen molar-refractivity contribution in [3.8, 4) is 0 Å². The molecule has 2 fully saturated rings. The highest BCUT2D eigenvalue weighted by molar-refractivity contribution is 4.91. The van der Waals surface area contributed by atoms with Crippen molar-refractivity contribution in [1.29, 1.82) is 0 Å². The van der Waals surface area contributed by atoms with Gasteiger partial charge in [-0.25, -0.2) is 0 Å². The Morgan fingerprint density at radius 1 is 1.19 bits per heavy atom. The average molecular weight is 225 g/mol. The highest BCUT2D eigenvalue weighted by Gasteiger charge is 2.38. The maximum atomic E-state index is 6.37. The summed E-state index contributed by atoms with van der Waals surface area (Å²) in [6.07, 6.45) is 9.63. The van der Waals surface area contributed by atoms with Gasteiger partial charge in [0.1, 0.15) is 0 Å². The van der Waals surface area contributed by atoms with Crippen molar-refractivity contribution < 1.29 is 4.74 Å². The van der Waals surface area contributed by atoms with Crippen molar-refractivity contribution in [3.05, 3.63) is 0 Å². The fraction of sp³-hybridized carbons (Fsp3) is 1.00. The molecule has 94 valence electrons. The van der Waals surface area contributed by atoms with Crippen LogP contribution in [0.1, 0.15) is 58.8 Å². The summed E-state index contributed by atoms with van der Waals surface area (Å²) in [6.45, 7) is 6.70. The highest BCUT2D eigenvalue weighted by Crippen LogP contribution is 2.36. The summed E-state index contributed by atoms with van der Waals surface area (Å²) < 4.78 is 6.37. The zero-order valence-corrected chi connectivity index (χ0v) is 10.9. The second-order valence-electron chi connectivity index (χ2n) is 5.67. The molecule has 0 radical (unpaired) electrons. The summed E-state index contributed by atoms with van der Waals surface area (Å²) in [5.41, 5.74) is 0.183. The Balaban J connectivity index is 1.95. The van der Waals surface area contributed by atoms with E-state index in [1.54, 1.807) is 0 Å². The topological polar surface area (TPSA) is 21.3 Å². The third-order valence-electron chi connectivity index (χ3n) is 4.52. The maximum absolute atomic E-state index is 6.37. The van der Waals surface area contributed by atoms with E-state index in [9.17, 15) is 0 Å². The normalized spacial score (nSPS) is 40.9. The molecule has 0 aromatic rings. The summed E-state index contributed by atoms with van der Waals surface area (Å²) in [6, 6.07) is 0. The molecule has 1 saturated heterocycles. The first kappa shape index (κ1) is 12.4. The molecule has 2 heteroatoms. The zero-order chi connectivity index (χ0) is 11.4. The van der Waals surface area contributed by atoms with Gasteiger partial charge in [-0.05, 0) is 31.6 Å². The van der Waals surface area contributed by atoms with Crippen molar-refractivity contribution in [2.45, 2.75) is 70.5 Å². The summed E-state index contributed by atoms with van der Waals surface area (Å²) in [4.78, 5) is 0. The van der Waals surface area contributed by atoms with Crippen LogP contribution in [-0.2, 0) is 4.74 Å². The predicted molar refractivity (Wildman–Crippen MR) is 67.6 cm³/mol. The van der Waals surface area contributed by atoms with E-state index in [1.165, 1.54) is 38.5 Å². The molecule has 1 heterocycles. The van der Waals surface area contributed by atoms with Gasteiger partial charge in [0.05, 0.1) is 11.7 Å². The quantitative estimate of drug-likeness (QED) is 0.779. The van der Waals surface area contributed by atoms with Crippen LogP contribution < -0.4 is 5.32 Å². The fourth-order valence-corrected chi connectivity index (χ4v) is 3.28. The second kappa shape index (κ2) is 5.50. The molecule has 1 saturated carbocycles. The number of rotatable bonds is 2. The minimum absolute atomic E-state index is 0.183. The van der Waals surface area contributed by atoms with Crippen molar-refractivity contribution in [3.63, 3.8) is 0 Å². The maximum Gasteiger partial charge on any atom is 0.0810 e. The lowest BCUT2D eigenvalue weighted by atomic mass is 9.91. The number of morpholine rings is 1. The predicted octanol–water partition coefficient (Wildman–Crippen LogP) is 3.11. The second-order valence-corrected chi connectivity index (χ2v) is 5.67. The standard InChI is InChI=1S/C14H27NO/c1-3-12-6-5-8-14(9-7-12)11-15-10-13(4-2)16-14/h12-13,15H,3-11H2,1-2H3.